The number of Topliss-reactive ketones (excluding diaryl/α,β-unsaturated/α-hetero) is 1. The van der Waals surface area contributed by atoms with Gasteiger partial charge in [0.15, 0.2) is 11.9 Å². The molecule has 0 saturated heterocycles. The lowest BCUT2D eigenvalue weighted by Gasteiger charge is -2.26. The highest BCUT2D eigenvalue weighted by Gasteiger charge is 2.30. The van der Waals surface area contributed by atoms with Gasteiger partial charge in [-0.15, -0.1) is 0 Å². The molecule has 13 heavy (non-hydrogen) atoms. The van der Waals surface area contributed by atoms with Crippen LogP contribution >= 0.6 is 0 Å². The van der Waals surface area contributed by atoms with Gasteiger partial charge < -0.3 is 4.74 Å². The van der Waals surface area contributed by atoms with E-state index in [1.54, 1.807) is 6.92 Å². The van der Waals surface area contributed by atoms with E-state index in [2.05, 4.69) is 0 Å². The molecule has 0 spiro atoms. The van der Waals surface area contributed by atoms with Gasteiger partial charge in [-0.2, -0.15) is 0 Å². The second kappa shape index (κ2) is 2.87. The fourth-order valence-electron chi connectivity index (χ4n) is 1.70. The van der Waals surface area contributed by atoms with Crippen LogP contribution in [0.1, 0.15) is 25.3 Å². The molecule has 1 aliphatic rings. The van der Waals surface area contributed by atoms with Gasteiger partial charge in [0.25, 0.3) is 0 Å². The van der Waals surface area contributed by atoms with E-state index in [9.17, 15) is 4.79 Å². The Bertz CT molecular complexity index is 344. The Morgan fingerprint density at radius 3 is 2.69 bits per heavy atom. The standard InChI is InChI=1S/C11H12O2/c1-7-9-5-3-4-6-10(9)13-8(2)11(7)12/h3-8H,1-2H3. The summed E-state index contributed by atoms with van der Waals surface area (Å²) < 4.78 is 5.46. The first-order chi connectivity index (χ1) is 6.20. The van der Waals surface area contributed by atoms with E-state index in [1.807, 2.05) is 31.2 Å². The molecule has 0 aromatic heterocycles. The lowest BCUT2D eigenvalue weighted by molar-refractivity contribution is -0.127. The molecule has 2 heteroatoms. The van der Waals surface area contributed by atoms with Crippen LogP contribution in [0.5, 0.6) is 5.75 Å². The molecule has 0 aliphatic carbocycles. The van der Waals surface area contributed by atoms with Crippen LogP contribution in [0.4, 0.5) is 0 Å². The van der Waals surface area contributed by atoms with Crippen LogP contribution in [-0.2, 0) is 4.79 Å². The summed E-state index contributed by atoms with van der Waals surface area (Å²) >= 11 is 0. The molecule has 68 valence electrons. The number of rotatable bonds is 0. The van der Waals surface area contributed by atoms with Crippen LogP contribution in [-0.4, -0.2) is 11.9 Å². The number of fused-ring (bicyclic) bond motifs is 1. The predicted molar refractivity (Wildman–Crippen MR) is 50.0 cm³/mol. The molecule has 1 heterocycles. The molecule has 2 atom stereocenters. The largest absolute Gasteiger partial charge is 0.483 e. The van der Waals surface area contributed by atoms with Crippen LogP contribution in [0.2, 0.25) is 0 Å². The van der Waals surface area contributed by atoms with Crippen molar-refractivity contribution in [2.24, 2.45) is 0 Å². The minimum absolute atomic E-state index is 0.0278. The van der Waals surface area contributed by atoms with E-state index >= 15 is 0 Å². The van der Waals surface area contributed by atoms with E-state index in [0.717, 1.165) is 11.3 Å². The molecule has 1 aromatic carbocycles. The summed E-state index contributed by atoms with van der Waals surface area (Å²) in [4.78, 5) is 11.6. The molecule has 0 amide bonds. The van der Waals surface area contributed by atoms with Crippen LogP contribution in [0.3, 0.4) is 0 Å². The highest BCUT2D eigenvalue weighted by atomic mass is 16.5. The predicted octanol–water partition coefficient (Wildman–Crippen LogP) is 2.14. The number of ether oxygens (including phenoxy) is 1. The third-order valence-electron chi connectivity index (χ3n) is 2.52. The van der Waals surface area contributed by atoms with Gasteiger partial charge >= 0.3 is 0 Å². The zero-order valence-electron chi connectivity index (χ0n) is 7.78. The van der Waals surface area contributed by atoms with Crippen molar-refractivity contribution in [3.63, 3.8) is 0 Å². The molecule has 1 aliphatic heterocycles. The number of carbonyl (C=O) groups is 1. The average molecular weight is 176 g/mol. The summed E-state index contributed by atoms with van der Waals surface area (Å²) in [6.45, 7) is 3.73. The van der Waals surface area contributed by atoms with Crippen molar-refractivity contribution in [2.45, 2.75) is 25.9 Å². The highest BCUT2D eigenvalue weighted by Crippen LogP contribution is 2.33. The molecule has 0 bridgehead atoms. The Morgan fingerprint density at radius 1 is 1.23 bits per heavy atom. The van der Waals surface area contributed by atoms with Crippen molar-refractivity contribution in [1.29, 1.82) is 0 Å². The zero-order chi connectivity index (χ0) is 9.42. The normalized spacial score (nSPS) is 26.5. The molecule has 0 fully saturated rings. The number of benzene rings is 1. The maximum atomic E-state index is 11.6. The third kappa shape index (κ3) is 1.22. The monoisotopic (exact) mass is 176 g/mol. The second-order valence-corrected chi connectivity index (χ2v) is 3.42. The Labute approximate surface area is 77.5 Å². The fourth-order valence-corrected chi connectivity index (χ4v) is 1.70. The van der Waals surface area contributed by atoms with E-state index in [4.69, 9.17) is 4.74 Å². The van der Waals surface area contributed by atoms with Crippen LogP contribution in [0, 0.1) is 0 Å². The quantitative estimate of drug-likeness (QED) is 0.605. The maximum Gasteiger partial charge on any atom is 0.180 e. The van der Waals surface area contributed by atoms with Crippen LogP contribution < -0.4 is 4.74 Å². The van der Waals surface area contributed by atoms with E-state index in [1.165, 1.54) is 0 Å². The van der Waals surface area contributed by atoms with Gasteiger partial charge in [0, 0.05) is 11.5 Å². The van der Waals surface area contributed by atoms with E-state index in [0.29, 0.717) is 0 Å². The zero-order valence-corrected chi connectivity index (χ0v) is 7.78. The van der Waals surface area contributed by atoms with Gasteiger partial charge in [0.05, 0.1) is 0 Å². The summed E-state index contributed by atoms with van der Waals surface area (Å²) in [6, 6.07) is 7.72. The number of para-hydroxylation sites is 1. The molecule has 0 saturated carbocycles. The Balaban J connectivity index is 2.49. The van der Waals surface area contributed by atoms with Gasteiger partial charge in [0.2, 0.25) is 0 Å². The Morgan fingerprint density at radius 2 is 1.92 bits per heavy atom. The summed E-state index contributed by atoms with van der Waals surface area (Å²) in [5.74, 6) is 0.987. The topological polar surface area (TPSA) is 26.3 Å². The second-order valence-electron chi connectivity index (χ2n) is 3.42. The van der Waals surface area contributed by atoms with Crippen LogP contribution in [0.15, 0.2) is 24.3 Å². The number of hydrogen-bond acceptors (Lipinski definition) is 2. The SMILES string of the molecule is CC1Oc2ccccc2C(C)C1=O. The minimum Gasteiger partial charge on any atom is -0.483 e. The first-order valence-electron chi connectivity index (χ1n) is 4.49. The summed E-state index contributed by atoms with van der Waals surface area (Å²) in [5, 5.41) is 0. The summed E-state index contributed by atoms with van der Waals surface area (Å²) in [6.07, 6.45) is -0.301. The lowest BCUT2D eigenvalue weighted by atomic mass is 9.91. The van der Waals surface area contributed by atoms with Crippen molar-refractivity contribution in [3.8, 4) is 5.75 Å². The molecular formula is C11H12O2. The number of hydrogen-bond donors (Lipinski definition) is 0. The van der Waals surface area contributed by atoms with Crippen molar-refractivity contribution < 1.29 is 9.53 Å². The molecule has 0 radical (unpaired) electrons. The fraction of sp³-hybridized carbons (Fsp3) is 0.364. The molecular weight excluding hydrogens is 164 g/mol. The smallest absolute Gasteiger partial charge is 0.180 e. The number of carbonyl (C=O) groups excluding carboxylic acids is 1. The first-order valence-corrected chi connectivity index (χ1v) is 4.49. The van der Waals surface area contributed by atoms with Crippen molar-refractivity contribution in [1.82, 2.24) is 0 Å². The van der Waals surface area contributed by atoms with Gasteiger partial charge in [-0.3, -0.25) is 4.79 Å². The van der Waals surface area contributed by atoms with Crippen molar-refractivity contribution in [3.05, 3.63) is 29.8 Å². The average Bonchev–Trinajstić information content (AvgIpc) is 2.15. The highest BCUT2D eigenvalue weighted by molar-refractivity contribution is 5.91. The molecule has 2 unspecified atom stereocenters. The molecule has 2 nitrogen and oxygen atoms in total. The summed E-state index contributed by atoms with van der Waals surface area (Å²) in [7, 11) is 0. The Kier molecular flexibility index (Phi) is 1.83. The molecule has 2 rings (SSSR count). The first kappa shape index (κ1) is 8.30. The Hall–Kier alpha value is -1.31. The number of ketones is 1. The molecule has 0 N–H and O–H groups in total. The van der Waals surface area contributed by atoms with Crippen LogP contribution in [0.25, 0.3) is 0 Å². The van der Waals surface area contributed by atoms with Gasteiger partial charge in [0.1, 0.15) is 5.75 Å². The van der Waals surface area contributed by atoms with E-state index < -0.39 is 0 Å². The third-order valence-corrected chi connectivity index (χ3v) is 2.52. The molecule has 1 aromatic rings. The van der Waals surface area contributed by atoms with Gasteiger partial charge in [-0.25, -0.2) is 0 Å². The minimum atomic E-state index is -0.301. The maximum absolute atomic E-state index is 11.6. The summed E-state index contributed by atoms with van der Waals surface area (Å²) in [5.41, 5.74) is 1.01. The van der Waals surface area contributed by atoms with Gasteiger partial charge in [-0.1, -0.05) is 25.1 Å². The van der Waals surface area contributed by atoms with E-state index in [-0.39, 0.29) is 17.8 Å². The van der Waals surface area contributed by atoms with Crippen molar-refractivity contribution in [2.75, 3.05) is 0 Å². The van der Waals surface area contributed by atoms with Gasteiger partial charge in [-0.05, 0) is 13.0 Å². The van der Waals surface area contributed by atoms with Crippen molar-refractivity contribution >= 4 is 5.78 Å². The lowest BCUT2D eigenvalue weighted by Crippen LogP contribution is -2.32.